The van der Waals surface area contributed by atoms with E-state index < -0.39 is 105 Å². The summed E-state index contributed by atoms with van der Waals surface area (Å²) in [6.07, 6.45) is -14.5. The molecular formula is C33H52O18. The lowest BCUT2D eigenvalue weighted by molar-refractivity contribution is -0.327. The van der Waals surface area contributed by atoms with E-state index >= 15 is 0 Å². The van der Waals surface area contributed by atoms with Gasteiger partial charge in [-0.25, -0.2) is 4.79 Å². The van der Waals surface area contributed by atoms with Crippen molar-refractivity contribution in [1.29, 1.82) is 0 Å². The highest BCUT2D eigenvalue weighted by atomic mass is 16.8. The molecule has 18 heteroatoms. The number of aliphatic hydroxyl groups excluding tert-OH is 9. The molecule has 1 aliphatic carbocycles. The number of esters is 2. The van der Waals surface area contributed by atoms with Crippen molar-refractivity contribution in [3.63, 3.8) is 0 Å². The minimum absolute atomic E-state index is 0.00703. The molecule has 17 atom stereocenters. The third kappa shape index (κ3) is 9.09. The van der Waals surface area contributed by atoms with Crippen molar-refractivity contribution in [2.24, 2.45) is 29.6 Å². The Balaban J connectivity index is 1.41. The van der Waals surface area contributed by atoms with Crippen LogP contribution in [0.1, 0.15) is 33.6 Å². The van der Waals surface area contributed by atoms with Gasteiger partial charge in [0.1, 0.15) is 48.8 Å². The maximum absolute atomic E-state index is 13.4. The molecule has 2 saturated heterocycles. The molecule has 1 unspecified atom stereocenters. The van der Waals surface area contributed by atoms with Gasteiger partial charge in [-0.2, -0.15) is 0 Å². The molecule has 0 bridgehead atoms. The van der Waals surface area contributed by atoms with E-state index in [4.69, 9.17) is 33.2 Å². The minimum Gasteiger partial charge on any atom is -0.468 e. The molecular weight excluding hydrogens is 684 g/mol. The summed E-state index contributed by atoms with van der Waals surface area (Å²) in [6, 6.07) is 0. The van der Waals surface area contributed by atoms with Crippen LogP contribution in [0.2, 0.25) is 0 Å². The number of allylic oxidation sites excluding steroid dienone is 1. The number of carbonyl (C=O) groups is 2. The Morgan fingerprint density at radius 2 is 1.51 bits per heavy atom. The fraction of sp³-hybridized carbons (Fsp3) is 0.818. The fourth-order valence-corrected chi connectivity index (χ4v) is 7.19. The molecule has 0 spiro atoms. The van der Waals surface area contributed by atoms with E-state index in [-0.39, 0.29) is 54.5 Å². The average Bonchev–Trinajstić information content (AvgIpc) is 3.41. The summed E-state index contributed by atoms with van der Waals surface area (Å²) in [7, 11) is 1.15. The van der Waals surface area contributed by atoms with Gasteiger partial charge in [-0.15, -0.1) is 0 Å². The molecule has 0 aromatic heterocycles. The molecule has 0 amide bonds. The first-order valence-corrected chi connectivity index (χ1v) is 17.0. The molecule has 9 N–H and O–H groups in total. The van der Waals surface area contributed by atoms with E-state index in [2.05, 4.69) is 0 Å². The quantitative estimate of drug-likeness (QED) is 0.0665. The van der Waals surface area contributed by atoms with Gasteiger partial charge in [-0.1, -0.05) is 19.9 Å². The van der Waals surface area contributed by atoms with Gasteiger partial charge in [0.25, 0.3) is 0 Å². The lowest BCUT2D eigenvalue weighted by atomic mass is 9.83. The van der Waals surface area contributed by atoms with E-state index in [1.165, 1.54) is 6.08 Å². The summed E-state index contributed by atoms with van der Waals surface area (Å²) < 4.78 is 38.6. The van der Waals surface area contributed by atoms with Crippen LogP contribution in [-0.4, -0.2) is 165 Å². The summed E-state index contributed by atoms with van der Waals surface area (Å²) >= 11 is 0. The molecule has 3 aliphatic heterocycles. The molecule has 3 heterocycles. The van der Waals surface area contributed by atoms with Crippen molar-refractivity contribution in [2.75, 3.05) is 33.5 Å². The van der Waals surface area contributed by atoms with Crippen LogP contribution in [0.25, 0.3) is 0 Å². The van der Waals surface area contributed by atoms with Crippen LogP contribution in [0.4, 0.5) is 0 Å². The van der Waals surface area contributed by atoms with Gasteiger partial charge in [0.2, 0.25) is 6.29 Å². The molecule has 1 saturated carbocycles. The molecule has 18 nitrogen and oxygen atoms in total. The maximum atomic E-state index is 13.4. The Bertz CT molecular complexity index is 1220. The zero-order valence-electron chi connectivity index (χ0n) is 28.9. The third-order valence-electron chi connectivity index (χ3n) is 10.5. The highest BCUT2D eigenvalue weighted by Crippen LogP contribution is 2.42. The fourth-order valence-electron chi connectivity index (χ4n) is 7.19. The van der Waals surface area contributed by atoms with Gasteiger partial charge in [-0.05, 0) is 31.1 Å². The van der Waals surface area contributed by atoms with Crippen LogP contribution in [0.5, 0.6) is 0 Å². The van der Waals surface area contributed by atoms with Crippen LogP contribution >= 0.6 is 0 Å². The monoisotopic (exact) mass is 736 g/mol. The lowest BCUT2D eigenvalue weighted by Gasteiger charge is -2.42. The summed E-state index contributed by atoms with van der Waals surface area (Å²) in [5.41, 5.74) is 0.228. The van der Waals surface area contributed by atoms with Crippen molar-refractivity contribution in [3.05, 3.63) is 23.5 Å². The van der Waals surface area contributed by atoms with Crippen LogP contribution in [0.3, 0.4) is 0 Å². The van der Waals surface area contributed by atoms with Crippen molar-refractivity contribution in [1.82, 2.24) is 0 Å². The summed E-state index contributed by atoms with van der Waals surface area (Å²) in [5.74, 6) is -3.57. The van der Waals surface area contributed by atoms with E-state index in [0.29, 0.717) is 6.42 Å². The SMILES string of the molecule is C/C=C1\[C@H](O[C@@H]2O[C@H](CO)[C@@H](O)[C@H](O)[C@H]2O)OC=C(C(=O)OC)[C@H]1CC(=O)OC[C@@H]1[C@@H](C)[C@@H](O)C[C@H]1C(C)CO[C@@H]1O[C@H](CO)[C@@H](O)[C@H](O)[C@H]1O. The molecule has 51 heavy (non-hydrogen) atoms. The van der Waals surface area contributed by atoms with E-state index in [9.17, 15) is 55.5 Å². The first-order valence-electron chi connectivity index (χ1n) is 17.0. The van der Waals surface area contributed by atoms with Crippen LogP contribution in [-0.2, 0) is 42.7 Å². The Morgan fingerprint density at radius 3 is 2.08 bits per heavy atom. The lowest BCUT2D eigenvalue weighted by Crippen LogP contribution is -2.60. The third-order valence-corrected chi connectivity index (χ3v) is 10.5. The van der Waals surface area contributed by atoms with E-state index in [0.717, 1.165) is 13.4 Å². The number of carbonyl (C=O) groups excluding carboxylic acids is 2. The second-order valence-electron chi connectivity index (χ2n) is 13.6. The normalized spacial score (nSPS) is 42.9. The Morgan fingerprint density at radius 1 is 0.922 bits per heavy atom. The first kappa shape index (κ1) is 41.5. The Kier molecular flexibility index (Phi) is 14.8. The molecule has 292 valence electrons. The first-order chi connectivity index (χ1) is 24.2. The molecule has 0 radical (unpaired) electrons. The van der Waals surface area contributed by atoms with Crippen molar-refractivity contribution >= 4 is 11.9 Å². The van der Waals surface area contributed by atoms with Crippen molar-refractivity contribution in [2.45, 2.75) is 107 Å². The molecule has 0 aromatic carbocycles. The Hall–Kier alpha value is -2.30. The number of hydrogen-bond acceptors (Lipinski definition) is 18. The van der Waals surface area contributed by atoms with Gasteiger partial charge < -0.3 is 79.1 Å². The zero-order chi connectivity index (χ0) is 37.7. The predicted molar refractivity (Wildman–Crippen MR) is 168 cm³/mol. The van der Waals surface area contributed by atoms with Crippen LogP contribution in [0.15, 0.2) is 23.5 Å². The highest BCUT2D eigenvalue weighted by molar-refractivity contribution is 5.90. The number of hydrogen-bond donors (Lipinski definition) is 9. The number of methoxy groups -OCH3 is 1. The topological polar surface area (TPSA) is 281 Å². The minimum atomic E-state index is -1.74. The standard InChI is InChI=1S/C33H52O18/c1-5-15-17(19(30(44)45-4)12-48-31(15)51-33-29(43)27(41)25(39)22(9-35)50-33)7-23(37)46-11-18-14(3)20(36)6-16(18)13(2)10-47-32-28(42)26(40)24(38)21(8-34)49-32/h5,12-14,16-18,20-22,24-29,31-36,38-43H,6-11H2,1-4H3/b15-5-/t13?,14-,16+,17+,18-,20+,21-,22-,24-,25-,26+,27+,28-,29-,31+,32-,33+/m1/s1. The average molecular weight is 737 g/mol. The summed E-state index contributed by atoms with van der Waals surface area (Å²) in [5, 5.41) is 91.0. The second-order valence-corrected chi connectivity index (χ2v) is 13.6. The Labute approximate surface area is 294 Å². The maximum Gasteiger partial charge on any atom is 0.337 e. The zero-order valence-corrected chi connectivity index (χ0v) is 28.9. The summed E-state index contributed by atoms with van der Waals surface area (Å²) in [6.45, 7) is 3.89. The van der Waals surface area contributed by atoms with Gasteiger partial charge in [0.15, 0.2) is 12.6 Å². The van der Waals surface area contributed by atoms with Gasteiger partial charge >= 0.3 is 11.9 Å². The summed E-state index contributed by atoms with van der Waals surface area (Å²) in [4.78, 5) is 26.1. The predicted octanol–water partition coefficient (Wildman–Crippen LogP) is -3.20. The van der Waals surface area contributed by atoms with Crippen molar-refractivity contribution < 1.29 is 88.7 Å². The van der Waals surface area contributed by atoms with E-state index in [1.807, 2.05) is 13.8 Å². The molecule has 4 aliphatic rings. The van der Waals surface area contributed by atoms with Gasteiger partial charge in [0, 0.05) is 17.4 Å². The molecule has 3 fully saturated rings. The van der Waals surface area contributed by atoms with Crippen molar-refractivity contribution in [3.8, 4) is 0 Å². The van der Waals surface area contributed by atoms with E-state index in [1.54, 1.807) is 6.92 Å². The molecule has 4 rings (SSSR count). The van der Waals surface area contributed by atoms with Crippen LogP contribution in [0, 0.1) is 29.6 Å². The molecule has 0 aromatic rings. The van der Waals surface area contributed by atoms with Gasteiger partial charge in [0.05, 0.1) is 57.9 Å². The number of aliphatic hydroxyl groups is 9. The second kappa shape index (κ2) is 18.2. The smallest absolute Gasteiger partial charge is 0.337 e. The number of rotatable bonds is 13. The number of ether oxygens (including phenoxy) is 7. The largest absolute Gasteiger partial charge is 0.468 e. The van der Waals surface area contributed by atoms with Gasteiger partial charge in [-0.3, -0.25) is 4.79 Å². The van der Waals surface area contributed by atoms with Crippen LogP contribution < -0.4 is 0 Å². The highest BCUT2D eigenvalue weighted by Gasteiger charge is 2.48.